The van der Waals surface area contributed by atoms with Gasteiger partial charge in [0.25, 0.3) is 0 Å². The Morgan fingerprint density at radius 1 is 0.580 bits per heavy atom. The first-order valence-corrected chi connectivity index (χ1v) is 17.3. The Morgan fingerprint density at radius 2 is 1.04 bits per heavy atom. The molecule has 0 fully saturated rings. The lowest BCUT2D eigenvalue weighted by atomic mass is 10.1. The highest BCUT2D eigenvalue weighted by Gasteiger charge is 2.08. The van der Waals surface area contributed by atoms with E-state index in [1.807, 2.05) is 78.9 Å². The predicted octanol–water partition coefficient (Wildman–Crippen LogP) is 9.87. The maximum Gasteiger partial charge on any atom is 0.178 e. The molecule has 0 radical (unpaired) electrons. The van der Waals surface area contributed by atoms with Gasteiger partial charge in [0.15, 0.2) is 11.3 Å². The van der Waals surface area contributed by atoms with Gasteiger partial charge in [-0.25, -0.2) is 19.9 Å². The third-order valence-electron chi connectivity index (χ3n) is 7.84. The van der Waals surface area contributed by atoms with E-state index >= 15 is 0 Å². The smallest absolute Gasteiger partial charge is 0.178 e. The van der Waals surface area contributed by atoms with Crippen LogP contribution in [0.1, 0.15) is 16.7 Å². The molecule has 0 spiro atoms. The van der Waals surface area contributed by atoms with E-state index in [1.165, 1.54) is 5.56 Å². The number of nitriles is 1. The molecule has 0 saturated heterocycles. The molecule has 11 heteroatoms. The first-order chi connectivity index (χ1) is 24.5. The predicted molar refractivity (Wildman–Crippen MR) is 206 cm³/mol. The average molecular weight is 784 g/mol. The van der Waals surface area contributed by atoms with Gasteiger partial charge in [0.05, 0.1) is 22.7 Å². The number of halogens is 2. The molecule has 4 aromatic heterocycles. The number of H-pyrrole nitrogens is 2. The van der Waals surface area contributed by atoms with Crippen molar-refractivity contribution in [3.8, 4) is 28.8 Å². The van der Waals surface area contributed by atoms with Crippen LogP contribution in [0.4, 0.5) is 11.4 Å². The van der Waals surface area contributed by atoms with Crippen LogP contribution in [-0.4, -0.2) is 29.9 Å². The van der Waals surface area contributed by atoms with Crippen molar-refractivity contribution in [2.45, 2.75) is 13.1 Å². The van der Waals surface area contributed by atoms with E-state index in [9.17, 15) is 0 Å². The van der Waals surface area contributed by atoms with E-state index in [4.69, 9.17) is 5.26 Å². The van der Waals surface area contributed by atoms with Gasteiger partial charge in [-0.15, -0.1) is 0 Å². The van der Waals surface area contributed by atoms with Gasteiger partial charge in [0, 0.05) is 56.9 Å². The molecule has 244 valence electrons. The van der Waals surface area contributed by atoms with Crippen LogP contribution >= 0.6 is 31.9 Å². The monoisotopic (exact) mass is 781 g/mol. The summed E-state index contributed by atoms with van der Waals surface area (Å²) in [6, 6.07) is 40.3. The lowest BCUT2D eigenvalue weighted by molar-refractivity contribution is 1.15. The molecule has 0 amide bonds. The van der Waals surface area contributed by atoms with Gasteiger partial charge in [-0.05, 0) is 116 Å². The van der Waals surface area contributed by atoms with E-state index in [1.54, 1.807) is 12.4 Å². The number of aromatic amines is 2. The number of aromatic nitrogens is 6. The average Bonchev–Trinajstić information content (AvgIpc) is 3.78. The summed E-state index contributed by atoms with van der Waals surface area (Å²) in [5.41, 5.74) is 10.4. The van der Waals surface area contributed by atoms with Crippen molar-refractivity contribution in [1.82, 2.24) is 29.9 Å². The van der Waals surface area contributed by atoms with Crippen molar-refractivity contribution in [1.29, 1.82) is 5.26 Å². The number of anilines is 2. The number of imidazole rings is 2. The Kier molecular flexibility index (Phi) is 9.91. The van der Waals surface area contributed by atoms with Gasteiger partial charge >= 0.3 is 0 Å². The van der Waals surface area contributed by atoms with Crippen molar-refractivity contribution in [3.05, 3.63) is 153 Å². The molecule has 0 atom stereocenters. The number of fused-ring (bicyclic) bond motifs is 2. The Balaban J connectivity index is 0.000000157. The second kappa shape index (κ2) is 15.2. The molecule has 0 saturated carbocycles. The minimum atomic E-state index is 0.672. The van der Waals surface area contributed by atoms with Crippen LogP contribution in [0, 0.1) is 11.3 Å². The highest BCUT2D eigenvalue weighted by Crippen LogP contribution is 2.25. The summed E-state index contributed by atoms with van der Waals surface area (Å²) in [4.78, 5) is 24.3. The zero-order valence-electron chi connectivity index (χ0n) is 26.5. The summed E-state index contributed by atoms with van der Waals surface area (Å²) in [5.74, 6) is 1.62. The molecule has 8 rings (SSSR count). The van der Waals surface area contributed by atoms with Crippen LogP contribution < -0.4 is 10.6 Å². The van der Waals surface area contributed by atoms with Crippen molar-refractivity contribution in [2.75, 3.05) is 10.6 Å². The molecule has 9 nitrogen and oxygen atoms in total. The molecule has 4 aromatic carbocycles. The van der Waals surface area contributed by atoms with Gasteiger partial charge in [-0.1, -0.05) is 42.5 Å². The first-order valence-electron chi connectivity index (χ1n) is 15.7. The number of rotatable bonds is 8. The lowest BCUT2D eigenvalue weighted by Gasteiger charge is -2.07. The minimum absolute atomic E-state index is 0.672. The first kappa shape index (κ1) is 32.7. The standard InChI is InChI=1S/C20H14BrN5.C19H15BrN4/c21-16-9-18-20(24-12-16)26-19(25-18)15-5-7-17(8-6-15)23-11-14-3-1-13(10-22)2-4-14;20-15-10-17-19(22-12-15)24-18(23-17)14-6-8-16(9-7-14)21-11-13-4-2-1-3-5-13/h1-9,12,23H,11H2,(H,24,25,26);1-10,12,21H,11H2,(H,22,23,24). The van der Waals surface area contributed by atoms with Crippen LogP contribution in [0.2, 0.25) is 0 Å². The molecule has 0 aliphatic rings. The van der Waals surface area contributed by atoms with E-state index < -0.39 is 0 Å². The Hall–Kier alpha value is -5.83. The highest BCUT2D eigenvalue weighted by atomic mass is 79.9. The molecule has 0 bridgehead atoms. The number of nitrogens with zero attached hydrogens (tertiary/aromatic N) is 5. The summed E-state index contributed by atoms with van der Waals surface area (Å²) in [5, 5.41) is 15.6. The Labute approximate surface area is 305 Å². The summed E-state index contributed by atoms with van der Waals surface area (Å²) >= 11 is 6.84. The Morgan fingerprint density at radius 3 is 1.50 bits per heavy atom. The summed E-state index contributed by atoms with van der Waals surface area (Å²) in [6.45, 7) is 1.51. The third kappa shape index (κ3) is 8.06. The van der Waals surface area contributed by atoms with Gasteiger partial charge in [0.2, 0.25) is 0 Å². The fourth-order valence-electron chi connectivity index (χ4n) is 5.22. The molecule has 8 aromatic rings. The molecule has 4 heterocycles. The third-order valence-corrected chi connectivity index (χ3v) is 8.71. The van der Waals surface area contributed by atoms with Crippen LogP contribution in [0.5, 0.6) is 0 Å². The fourth-order valence-corrected chi connectivity index (χ4v) is 5.88. The maximum atomic E-state index is 8.84. The van der Waals surface area contributed by atoms with E-state index in [-0.39, 0.29) is 0 Å². The lowest BCUT2D eigenvalue weighted by Crippen LogP contribution is -1.99. The normalized spacial score (nSPS) is 10.7. The number of pyridine rings is 2. The fraction of sp³-hybridized carbons (Fsp3) is 0.0513. The zero-order valence-corrected chi connectivity index (χ0v) is 29.7. The minimum Gasteiger partial charge on any atom is -0.381 e. The van der Waals surface area contributed by atoms with Gasteiger partial charge < -0.3 is 20.6 Å². The summed E-state index contributed by atoms with van der Waals surface area (Å²) in [7, 11) is 0. The molecule has 0 unspecified atom stereocenters. The van der Waals surface area contributed by atoms with Gasteiger partial charge in [-0.3, -0.25) is 0 Å². The number of hydrogen-bond donors (Lipinski definition) is 4. The van der Waals surface area contributed by atoms with Crippen molar-refractivity contribution < 1.29 is 0 Å². The second-order valence-corrected chi connectivity index (χ2v) is 13.2. The molecular formula is C39H29Br2N9. The number of hydrogen-bond acceptors (Lipinski definition) is 7. The van der Waals surface area contributed by atoms with Crippen LogP contribution in [0.25, 0.3) is 45.1 Å². The number of benzene rings is 4. The van der Waals surface area contributed by atoms with Gasteiger partial charge in [-0.2, -0.15) is 5.26 Å². The van der Waals surface area contributed by atoms with E-state index in [2.05, 4.69) is 115 Å². The van der Waals surface area contributed by atoms with Crippen molar-refractivity contribution in [3.63, 3.8) is 0 Å². The SMILES string of the molecule is Brc1cnc2nc(-c3ccc(NCc4ccccc4)cc3)[nH]c2c1.N#Cc1ccc(CNc2ccc(-c3nc4ncc(Br)cc4[nH]3)cc2)cc1. The van der Waals surface area contributed by atoms with Crippen LogP contribution in [-0.2, 0) is 13.1 Å². The molecule has 0 aliphatic heterocycles. The molecule has 50 heavy (non-hydrogen) atoms. The molecule has 4 N–H and O–H groups in total. The highest BCUT2D eigenvalue weighted by molar-refractivity contribution is 9.10. The summed E-state index contributed by atoms with van der Waals surface area (Å²) in [6.07, 6.45) is 3.49. The quantitative estimate of drug-likeness (QED) is 0.121. The van der Waals surface area contributed by atoms with Crippen LogP contribution in [0.15, 0.2) is 137 Å². The van der Waals surface area contributed by atoms with Crippen molar-refractivity contribution in [2.24, 2.45) is 0 Å². The van der Waals surface area contributed by atoms with Gasteiger partial charge in [0.1, 0.15) is 11.6 Å². The largest absolute Gasteiger partial charge is 0.381 e. The van der Waals surface area contributed by atoms with E-state index in [0.29, 0.717) is 17.8 Å². The van der Waals surface area contributed by atoms with E-state index in [0.717, 1.165) is 71.9 Å². The molecular weight excluding hydrogens is 754 g/mol. The number of nitrogens with one attached hydrogen (secondary N) is 4. The zero-order chi connectivity index (χ0) is 34.3. The second-order valence-electron chi connectivity index (χ2n) is 11.4. The Bertz CT molecular complexity index is 2400. The summed E-state index contributed by atoms with van der Waals surface area (Å²) < 4.78 is 1.85. The molecule has 0 aliphatic carbocycles. The van der Waals surface area contributed by atoms with Crippen molar-refractivity contribution >= 4 is 65.6 Å². The van der Waals surface area contributed by atoms with Crippen LogP contribution in [0.3, 0.4) is 0 Å². The maximum absolute atomic E-state index is 8.84. The topological polar surface area (TPSA) is 131 Å².